The predicted octanol–water partition coefficient (Wildman–Crippen LogP) is 2.32. The molecule has 0 saturated carbocycles. The zero-order chi connectivity index (χ0) is 9.14. The molecule has 0 aliphatic carbocycles. The number of hydrogen-bond donors (Lipinski definition) is 1. The smallest absolute Gasteiger partial charge is 0.0178 e. The summed E-state index contributed by atoms with van der Waals surface area (Å²) in [5.41, 5.74) is 11.0. The van der Waals surface area contributed by atoms with Gasteiger partial charge < -0.3 is 5.73 Å². The van der Waals surface area contributed by atoms with Crippen LogP contribution >= 0.6 is 0 Å². The van der Waals surface area contributed by atoms with Gasteiger partial charge >= 0.3 is 0 Å². The molecular weight excluding hydrogens is 146 g/mol. The molecule has 1 aromatic rings. The van der Waals surface area contributed by atoms with Crippen molar-refractivity contribution in [1.82, 2.24) is 0 Å². The van der Waals surface area contributed by atoms with Gasteiger partial charge in [-0.15, -0.1) is 0 Å². The molecule has 0 heterocycles. The van der Waals surface area contributed by atoms with E-state index in [0.717, 1.165) is 6.42 Å². The second-order valence-corrected chi connectivity index (χ2v) is 3.27. The maximum atomic E-state index is 5.58. The van der Waals surface area contributed by atoms with Gasteiger partial charge in [-0.2, -0.15) is 0 Å². The van der Waals surface area contributed by atoms with Crippen LogP contribution in [0.3, 0.4) is 0 Å². The lowest BCUT2D eigenvalue weighted by molar-refractivity contribution is 1.02. The Labute approximate surface area is 74.6 Å². The molecule has 0 aliphatic heterocycles. The van der Waals surface area contributed by atoms with E-state index >= 15 is 0 Å². The summed E-state index contributed by atoms with van der Waals surface area (Å²) in [6.07, 6.45) is 1.11. The zero-order valence-corrected chi connectivity index (χ0v) is 8.15. The van der Waals surface area contributed by atoms with Gasteiger partial charge in [-0.1, -0.05) is 19.1 Å². The minimum absolute atomic E-state index is 0.645. The summed E-state index contributed by atoms with van der Waals surface area (Å²) in [7, 11) is 0. The molecule has 0 spiro atoms. The first-order valence-corrected chi connectivity index (χ1v) is 4.48. The summed E-state index contributed by atoms with van der Waals surface area (Å²) >= 11 is 0. The Morgan fingerprint density at radius 1 is 1.17 bits per heavy atom. The predicted molar refractivity (Wildman–Crippen MR) is 53.2 cm³/mol. The molecule has 0 unspecified atom stereocenters. The van der Waals surface area contributed by atoms with Crippen LogP contribution in [0.25, 0.3) is 0 Å². The van der Waals surface area contributed by atoms with Crippen molar-refractivity contribution in [1.29, 1.82) is 0 Å². The van der Waals surface area contributed by atoms with E-state index in [9.17, 15) is 0 Å². The van der Waals surface area contributed by atoms with E-state index in [2.05, 4.69) is 32.9 Å². The highest BCUT2D eigenvalue weighted by atomic mass is 14.5. The number of rotatable bonds is 2. The molecule has 66 valence electrons. The van der Waals surface area contributed by atoms with Crippen LogP contribution in [0.2, 0.25) is 0 Å². The number of hydrogen-bond acceptors (Lipinski definition) is 1. The summed E-state index contributed by atoms with van der Waals surface area (Å²) in [5.74, 6) is 0. The molecule has 0 saturated heterocycles. The fourth-order valence-corrected chi connectivity index (χ4v) is 1.76. The Bertz CT molecular complexity index is 253. The number of nitrogens with two attached hydrogens (primary N) is 1. The van der Waals surface area contributed by atoms with Crippen molar-refractivity contribution in [2.45, 2.75) is 33.7 Å². The van der Waals surface area contributed by atoms with Gasteiger partial charge in [0.1, 0.15) is 0 Å². The molecule has 2 N–H and O–H groups in total. The SMILES string of the molecule is CCc1c(C)cc(CN)cc1C. The Hall–Kier alpha value is -0.820. The summed E-state index contributed by atoms with van der Waals surface area (Å²) in [5, 5.41) is 0. The van der Waals surface area contributed by atoms with Crippen molar-refractivity contribution in [2.75, 3.05) is 0 Å². The van der Waals surface area contributed by atoms with Crippen molar-refractivity contribution in [3.63, 3.8) is 0 Å². The Morgan fingerprint density at radius 2 is 1.67 bits per heavy atom. The molecule has 0 aromatic heterocycles. The third-order valence-electron chi connectivity index (χ3n) is 2.35. The molecular formula is C11H17N. The van der Waals surface area contributed by atoms with Crippen LogP contribution in [0.4, 0.5) is 0 Å². The molecule has 1 aromatic carbocycles. The van der Waals surface area contributed by atoms with E-state index in [1.165, 1.54) is 22.3 Å². The average Bonchev–Trinajstić information content (AvgIpc) is 2.03. The minimum atomic E-state index is 0.645. The molecule has 1 rings (SSSR count). The van der Waals surface area contributed by atoms with E-state index in [-0.39, 0.29) is 0 Å². The van der Waals surface area contributed by atoms with Crippen molar-refractivity contribution >= 4 is 0 Å². The first-order chi connectivity index (χ1) is 5.69. The lowest BCUT2D eigenvalue weighted by Crippen LogP contribution is -2.00. The lowest BCUT2D eigenvalue weighted by atomic mass is 9.98. The largest absolute Gasteiger partial charge is 0.326 e. The topological polar surface area (TPSA) is 26.0 Å². The molecule has 12 heavy (non-hydrogen) atoms. The summed E-state index contributed by atoms with van der Waals surface area (Å²) in [6, 6.07) is 4.37. The quantitative estimate of drug-likeness (QED) is 0.711. The fraction of sp³-hybridized carbons (Fsp3) is 0.455. The number of benzene rings is 1. The molecule has 0 radical (unpaired) electrons. The molecule has 0 aliphatic rings. The van der Waals surface area contributed by atoms with E-state index < -0.39 is 0 Å². The monoisotopic (exact) mass is 163 g/mol. The van der Waals surface area contributed by atoms with Gasteiger partial charge in [-0.05, 0) is 42.5 Å². The van der Waals surface area contributed by atoms with Crippen LogP contribution in [-0.4, -0.2) is 0 Å². The Balaban J connectivity index is 3.18. The maximum Gasteiger partial charge on any atom is 0.0178 e. The normalized spacial score (nSPS) is 10.3. The second-order valence-electron chi connectivity index (χ2n) is 3.27. The standard InChI is InChI=1S/C11H17N/c1-4-11-8(2)5-10(7-12)6-9(11)3/h5-6H,4,7,12H2,1-3H3. The third kappa shape index (κ3) is 1.67. The minimum Gasteiger partial charge on any atom is -0.326 e. The molecule has 1 heteroatoms. The van der Waals surface area contributed by atoms with E-state index in [4.69, 9.17) is 5.73 Å². The van der Waals surface area contributed by atoms with Crippen LogP contribution in [0, 0.1) is 13.8 Å². The van der Waals surface area contributed by atoms with Crippen LogP contribution in [0.1, 0.15) is 29.2 Å². The van der Waals surface area contributed by atoms with Gasteiger partial charge in [0, 0.05) is 6.54 Å². The van der Waals surface area contributed by atoms with Crippen LogP contribution in [0.15, 0.2) is 12.1 Å². The summed E-state index contributed by atoms with van der Waals surface area (Å²) < 4.78 is 0. The van der Waals surface area contributed by atoms with E-state index in [1.807, 2.05) is 0 Å². The van der Waals surface area contributed by atoms with Crippen molar-refractivity contribution in [3.05, 3.63) is 34.4 Å². The molecule has 0 amide bonds. The van der Waals surface area contributed by atoms with Crippen LogP contribution in [0.5, 0.6) is 0 Å². The van der Waals surface area contributed by atoms with Gasteiger partial charge in [0.15, 0.2) is 0 Å². The first-order valence-electron chi connectivity index (χ1n) is 4.48. The van der Waals surface area contributed by atoms with Crippen LogP contribution in [-0.2, 0) is 13.0 Å². The average molecular weight is 163 g/mol. The fourth-order valence-electron chi connectivity index (χ4n) is 1.76. The number of aryl methyl sites for hydroxylation is 2. The third-order valence-corrected chi connectivity index (χ3v) is 2.35. The highest BCUT2D eigenvalue weighted by molar-refractivity contribution is 5.37. The van der Waals surface area contributed by atoms with E-state index in [0.29, 0.717) is 6.54 Å². The van der Waals surface area contributed by atoms with Crippen molar-refractivity contribution < 1.29 is 0 Å². The maximum absolute atomic E-state index is 5.58. The molecule has 0 fully saturated rings. The highest BCUT2D eigenvalue weighted by Gasteiger charge is 2.01. The Morgan fingerprint density at radius 3 is 2.00 bits per heavy atom. The van der Waals surface area contributed by atoms with Gasteiger partial charge in [0.25, 0.3) is 0 Å². The second kappa shape index (κ2) is 3.72. The van der Waals surface area contributed by atoms with Gasteiger partial charge in [0.05, 0.1) is 0 Å². The summed E-state index contributed by atoms with van der Waals surface area (Å²) in [4.78, 5) is 0. The first kappa shape index (κ1) is 9.27. The van der Waals surface area contributed by atoms with Crippen molar-refractivity contribution in [2.24, 2.45) is 5.73 Å². The van der Waals surface area contributed by atoms with Gasteiger partial charge in [0.2, 0.25) is 0 Å². The van der Waals surface area contributed by atoms with E-state index in [1.54, 1.807) is 0 Å². The molecule has 0 atom stereocenters. The lowest BCUT2D eigenvalue weighted by Gasteiger charge is -2.09. The highest BCUT2D eigenvalue weighted by Crippen LogP contribution is 2.16. The molecule has 1 nitrogen and oxygen atoms in total. The zero-order valence-electron chi connectivity index (χ0n) is 8.15. The van der Waals surface area contributed by atoms with Gasteiger partial charge in [-0.25, -0.2) is 0 Å². The van der Waals surface area contributed by atoms with Crippen molar-refractivity contribution in [3.8, 4) is 0 Å². The Kier molecular flexibility index (Phi) is 2.88. The van der Waals surface area contributed by atoms with Gasteiger partial charge in [-0.3, -0.25) is 0 Å². The van der Waals surface area contributed by atoms with Crippen LogP contribution < -0.4 is 5.73 Å². The summed E-state index contributed by atoms with van der Waals surface area (Å²) in [6.45, 7) is 7.15. The molecule has 0 bridgehead atoms.